The normalized spacial score (nSPS) is 15.7. The quantitative estimate of drug-likeness (QED) is 0.705. The van der Waals surface area contributed by atoms with Gasteiger partial charge in [-0.25, -0.2) is 0 Å². The molecule has 26 heavy (non-hydrogen) atoms. The van der Waals surface area contributed by atoms with E-state index in [-0.39, 0.29) is 6.04 Å². The Morgan fingerprint density at radius 2 is 1.88 bits per heavy atom. The van der Waals surface area contributed by atoms with Crippen LogP contribution >= 0.6 is 15.9 Å². The van der Waals surface area contributed by atoms with Crippen LogP contribution in [0.25, 0.3) is 5.70 Å². The van der Waals surface area contributed by atoms with Gasteiger partial charge < -0.3 is 14.8 Å². The standard InChI is InChI=1S/C18H16BrN5O2/c1-25-13-7-8-14(17(9-13)26-2)16-10-15(11-3-5-12(19)6-4-11)20-18-21-22-23-24(16)18/h3-10,16H,1-2H3,(H,20,21,23)/t16-/m0/s1. The van der Waals surface area contributed by atoms with Crippen LogP contribution in [0.3, 0.4) is 0 Å². The van der Waals surface area contributed by atoms with Crippen molar-refractivity contribution in [3.63, 3.8) is 0 Å². The highest BCUT2D eigenvalue weighted by atomic mass is 79.9. The maximum Gasteiger partial charge on any atom is 0.248 e. The topological polar surface area (TPSA) is 74.1 Å². The predicted molar refractivity (Wildman–Crippen MR) is 101 cm³/mol. The number of hydrogen-bond acceptors (Lipinski definition) is 6. The molecule has 0 fully saturated rings. The summed E-state index contributed by atoms with van der Waals surface area (Å²) in [6, 6.07) is 13.6. The van der Waals surface area contributed by atoms with Gasteiger partial charge in [0.15, 0.2) is 0 Å². The molecule has 3 aromatic rings. The summed E-state index contributed by atoms with van der Waals surface area (Å²) in [7, 11) is 3.27. The van der Waals surface area contributed by atoms with Crippen molar-refractivity contribution in [1.29, 1.82) is 0 Å². The molecule has 7 nitrogen and oxygen atoms in total. The third-order valence-electron chi connectivity index (χ3n) is 4.24. The number of rotatable bonds is 4. The Hall–Kier alpha value is -2.87. The summed E-state index contributed by atoms with van der Waals surface area (Å²) >= 11 is 3.47. The van der Waals surface area contributed by atoms with Crippen LogP contribution in [0, 0.1) is 0 Å². The van der Waals surface area contributed by atoms with Crippen LogP contribution in [0.1, 0.15) is 17.2 Å². The molecule has 1 atom stereocenters. The number of hydrogen-bond donors (Lipinski definition) is 1. The first-order chi connectivity index (χ1) is 12.7. The number of allylic oxidation sites excluding steroid dienone is 1. The van der Waals surface area contributed by atoms with Crippen molar-refractivity contribution in [3.8, 4) is 11.5 Å². The smallest absolute Gasteiger partial charge is 0.248 e. The first-order valence-corrected chi connectivity index (χ1v) is 8.73. The molecule has 0 amide bonds. The van der Waals surface area contributed by atoms with Crippen molar-refractivity contribution in [1.82, 2.24) is 20.2 Å². The molecule has 1 aromatic heterocycles. The van der Waals surface area contributed by atoms with Crippen molar-refractivity contribution in [2.45, 2.75) is 6.04 Å². The average Bonchev–Trinajstić information content (AvgIpc) is 3.16. The van der Waals surface area contributed by atoms with E-state index >= 15 is 0 Å². The predicted octanol–water partition coefficient (Wildman–Crippen LogP) is 3.51. The fourth-order valence-electron chi connectivity index (χ4n) is 2.94. The average molecular weight is 414 g/mol. The molecule has 0 saturated heterocycles. The summed E-state index contributed by atoms with van der Waals surface area (Å²) in [4.78, 5) is 0. The van der Waals surface area contributed by atoms with E-state index < -0.39 is 0 Å². The molecular weight excluding hydrogens is 398 g/mol. The minimum absolute atomic E-state index is 0.208. The van der Waals surface area contributed by atoms with Crippen molar-refractivity contribution >= 4 is 27.6 Å². The second-order valence-electron chi connectivity index (χ2n) is 5.71. The SMILES string of the molecule is COc1ccc([C@@H]2C=C(c3ccc(Br)cc3)Nc3nnnn32)c(OC)c1. The van der Waals surface area contributed by atoms with Crippen LogP contribution in [0.15, 0.2) is 53.0 Å². The highest BCUT2D eigenvalue weighted by Crippen LogP contribution is 2.37. The lowest BCUT2D eigenvalue weighted by Gasteiger charge is -2.25. The van der Waals surface area contributed by atoms with Crippen LogP contribution in [0.5, 0.6) is 11.5 Å². The number of fused-ring (bicyclic) bond motifs is 1. The Labute approximate surface area is 158 Å². The molecule has 1 N–H and O–H groups in total. The lowest BCUT2D eigenvalue weighted by atomic mass is 10.0. The second kappa shape index (κ2) is 6.80. The van der Waals surface area contributed by atoms with Gasteiger partial charge in [0.25, 0.3) is 0 Å². The Morgan fingerprint density at radius 3 is 2.62 bits per heavy atom. The molecular formula is C18H16BrN5O2. The van der Waals surface area contributed by atoms with E-state index in [2.05, 4.69) is 42.8 Å². The maximum absolute atomic E-state index is 5.57. The number of benzene rings is 2. The van der Waals surface area contributed by atoms with E-state index in [0.29, 0.717) is 11.7 Å². The minimum atomic E-state index is -0.208. The number of ether oxygens (including phenoxy) is 2. The van der Waals surface area contributed by atoms with Crippen LogP contribution in [0.4, 0.5) is 5.95 Å². The Morgan fingerprint density at radius 1 is 1.08 bits per heavy atom. The van der Waals surface area contributed by atoms with Crippen LogP contribution in [0.2, 0.25) is 0 Å². The number of methoxy groups -OCH3 is 2. The first kappa shape index (κ1) is 16.6. The van der Waals surface area contributed by atoms with E-state index in [0.717, 1.165) is 27.0 Å². The van der Waals surface area contributed by atoms with Gasteiger partial charge in [0.2, 0.25) is 5.95 Å². The molecule has 2 aromatic carbocycles. The van der Waals surface area contributed by atoms with E-state index in [4.69, 9.17) is 9.47 Å². The summed E-state index contributed by atoms with van der Waals surface area (Å²) in [5.74, 6) is 2.02. The summed E-state index contributed by atoms with van der Waals surface area (Å²) in [5, 5.41) is 15.3. The number of halogens is 1. The number of aromatic nitrogens is 4. The maximum atomic E-state index is 5.57. The zero-order valence-corrected chi connectivity index (χ0v) is 15.8. The Kier molecular flexibility index (Phi) is 4.34. The van der Waals surface area contributed by atoms with Crippen molar-refractivity contribution < 1.29 is 9.47 Å². The zero-order valence-electron chi connectivity index (χ0n) is 14.2. The van der Waals surface area contributed by atoms with E-state index in [1.54, 1.807) is 18.9 Å². The Bertz CT molecular complexity index is 968. The number of anilines is 1. The Balaban J connectivity index is 1.82. The third kappa shape index (κ3) is 2.92. The first-order valence-electron chi connectivity index (χ1n) is 7.94. The van der Waals surface area contributed by atoms with Gasteiger partial charge in [-0.1, -0.05) is 33.2 Å². The van der Waals surface area contributed by atoms with Gasteiger partial charge in [-0.05, 0) is 46.3 Å². The van der Waals surface area contributed by atoms with Crippen LogP contribution < -0.4 is 14.8 Å². The van der Waals surface area contributed by atoms with E-state index in [1.165, 1.54) is 0 Å². The highest BCUT2D eigenvalue weighted by molar-refractivity contribution is 9.10. The molecule has 132 valence electrons. The molecule has 0 unspecified atom stereocenters. The van der Waals surface area contributed by atoms with Gasteiger partial charge in [-0.2, -0.15) is 4.68 Å². The van der Waals surface area contributed by atoms with Gasteiger partial charge in [0, 0.05) is 21.8 Å². The van der Waals surface area contributed by atoms with Gasteiger partial charge in [-0.15, -0.1) is 0 Å². The fourth-order valence-corrected chi connectivity index (χ4v) is 3.20. The summed E-state index contributed by atoms with van der Waals surface area (Å²) in [5.41, 5.74) is 2.92. The van der Waals surface area contributed by atoms with Crippen molar-refractivity contribution in [3.05, 3.63) is 64.1 Å². The van der Waals surface area contributed by atoms with E-state index in [1.807, 2.05) is 42.5 Å². The number of tetrazole rings is 1. The lowest BCUT2D eigenvalue weighted by Crippen LogP contribution is -2.20. The summed E-state index contributed by atoms with van der Waals surface area (Å²) < 4.78 is 13.6. The monoisotopic (exact) mass is 413 g/mol. The highest BCUT2D eigenvalue weighted by Gasteiger charge is 2.26. The van der Waals surface area contributed by atoms with Gasteiger partial charge in [-0.3, -0.25) is 0 Å². The molecule has 0 spiro atoms. The lowest BCUT2D eigenvalue weighted by molar-refractivity contribution is 0.387. The summed E-state index contributed by atoms with van der Waals surface area (Å²) in [6.45, 7) is 0. The number of nitrogens with one attached hydrogen (secondary N) is 1. The number of nitrogens with zero attached hydrogens (tertiary/aromatic N) is 4. The molecule has 0 bridgehead atoms. The van der Waals surface area contributed by atoms with Gasteiger partial charge in [0.05, 0.1) is 14.2 Å². The molecule has 1 aliphatic rings. The zero-order chi connectivity index (χ0) is 18.1. The van der Waals surface area contributed by atoms with Crippen molar-refractivity contribution in [2.24, 2.45) is 0 Å². The molecule has 0 saturated carbocycles. The summed E-state index contributed by atoms with van der Waals surface area (Å²) in [6.07, 6.45) is 2.08. The molecule has 8 heteroatoms. The molecule has 4 rings (SSSR count). The van der Waals surface area contributed by atoms with Gasteiger partial charge >= 0.3 is 0 Å². The van der Waals surface area contributed by atoms with Crippen LogP contribution in [-0.4, -0.2) is 34.4 Å². The minimum Gasteiger partial charge on any atom is -0.497 e. The molecule has 1 aliphatic heterocycles. The molecule has 2 heterocycles. The molecule has 0 radical (unpaired) electrons. The van der Waals surface area contributed by atoms with Gasteiger partial charge in [0.1, 0.15) is 17.5 Å². The van der Waals surface area contributed by atoms with Crippen molar-refractivity contribution in [2.75, 3.05) is 19.5 Å². The molecule has 0 aliphatic carbocycles. The second-order valence-corrected chi connectivity index (χ2v) is 6.63. The third-order valence-corrected chi connectivity index (χ3v) is 4.77. The van der Waals surface area contributed by atoms with Crippen LogP contribution in [-0.2, 0) is 0 Å². The fraction of sp³-hybridized carbons (Fsp3) is 0.167. The largest absolute Gasteiger partial charge is 0.497 e. The van der Waals surface area contributed by atoms with E-state index in [9.17, 15) is 0 Å².